The Kier molecular flexibility index (Phi) is 6.86. The SMILES string of the molecule is CCN(CC)C(=O)c1ccc(COc2ccc3c(c2)C(c2cccc(C)c2)N(C(=O)C2CC2)CC3)o1. The van der Waals surface area contributed by atoms with Crippen LogP contribution in [0.2, 0.25) is 0 Å². The fourth-order valence-corrected chi connectivity index (χ4v) is 5.08. The van der Waals surface area contributed by atoms with Gasteiger partial charge in [-0.2, -0.15) is 0 Å². The van der Waals surface area contributed by atoms with Gasteiger partial charge in [0.15, 0.2) is 5.76 Å². The molecule has 36 heavy (non-hydrogen) atoms. The summed E-state index contributed by atoms with van der Waals surface area (Å²) >= 11 is 0. The van der Waals surface area contributed by atoms with Crippen molar-refractivity contribution in [1.29, 1.82) is 0 Å². The summed E-state index contributed by atoms with van der Waals surface area (Å²) in [6.45, 7) is 8.23. The molecule has 0 saturated heterocycles. The highest BCUT2D eigenvalue weighted by Crippen LogP contribution is 2.41. The second-order valence-electron chi connectivity index (χ2n) is 9.77. The Morgan fingerprint density at radius 2 is 1.86 bits per heavy atom. The van der Waals surface area contributed by atoms with Crippen LogP contribution in [0.1, 0.15) is 71.3 Å². The van der Waals surface area contributed by atoms with Crippen molar-refractivity contribution in [2.45, 2.75) is 52.7 Å². The lowest BCUT2D eigenvalue weighted by Crippen LogP contribution is -2.41. The molecule has 6 nitrogen and oxygen atoms in total. The normalized spacial score (nSPS) is 17.0. The molecule has 0 radical (unpaired) electrons. The summed E-state index contributed by atoms with van der Waals surface area (Å²) in [4.78, 5) is 29.6. The van der Waals surface area contributed by atoms with E-state index in [1.807, 2.05) is 19.9 Å². The first-order chi connectivity index (χ1) is 17.5. The molecule has 188 valence electrons. The van der Waals surface area contributed by atoms with Gasteiger partial charge in [0.05, 0.1) is 6.04 Å². The highest BCUT2D eigenvalue weighted by Gasteiger charge is 2.39. The molecule has 5 rings (SSSR count). The minimum absolute atomic E-state index is 0.110. The van der Waals surface area contributed by atoms with Gasteiger partial charge in [0.25, 0.3) is 5.91 Å². The Bertz CT molecular complexity index is 1260. The molecule has 2 aromatic carbocycles. The monoisotopic (exact) mass is 486 g/mol. The van der Waals surface area contributed by atoms with E-state index in [1.165, 1.54) is 11.1 Å². The van der Waals surface area contributed by atoms with Gasteiger partial charge in [-0.05, 0) is 81.0 Å². The zero-order valence-corrected chi connectivity index (χ0v) is 21.3. The van der Waals surface area contributed by atoms with E-state index in [9.17, 15) is 9.59 Å². The minimum Gasteiger partial charge on any atom is -0.486 e. The van der Waals surface area contributed by atoms with Crippen LogP contribution in [0.4, 0.5) is 0 Å². The van der Waals surface area contributed by atoms with Gasteiger partial charge in [-0.1, -0.05) is 35.9 Å². The lowest BCUT2D eigenvalue weighted by atomic mass is 9.87. The standard InChI is InChI=1S/C30H34N2O4/c1-4-31(5-2)30(34)27-14-13-25(36-27)19-35-24-12-11-21-15-16-32(29(33)22-9-10-22)28(26(21)18-24)23-8-6-7-20(3)17-23/h6-8,11-14,17-18,22,28H,4-5,9-10,15-16,19H2,1-3H3. The number of carbonyl (C=O) groups excluding carboxylic acids is 2. The van der Waals surface area contributed by atoms with E-state index in [2.05, 4.69) is 48.2 Å². The first-order valence-electron chi connectivity index (χ1n) is 13.0. The maximum absolute atomic E-state index is 13.2. The zero-order chi connectivity index (χ0) is 25.2. The second kappa shape index (κ2) is 10.2. The average molecular weight is 487 g/mol. The summed E-state index contributed by atoms with van der Waals surface area (Å²) in [5, 5.41) is 0. The van der Waals surface area contributed by atoms with Crippen LogP contribution in [0.5, 0.6) is 5.75 Å². The van der Waals surface area contributed by atoms with Crippen LogP contribution < -0.4 is 4.74 Å². The largest absolute Gasteiger partial charge is 0.486 e. The molecule has 3 aromatic rings. The molecule has 0 N–H and O–H groups in total. The Balaban J connectivity index is 1.38. The lowest BCUT2D eigenvalue weighted by molar-refractivity contribution is -0.134. The van der Waals surface area contributed by atoms with Crippen molar-refractivity contribution in [3.63, 3.8) is 0 Å². The molecular formula is C30H34N2O4. The number of fused-ring (bicyclic) bond motifs is 1. The smallest absolute Gasteiger partial charge is 0.289 e. The number of benzene rings is 2. The highest BCUT2D eigenvalue weighted by atomic mass is 16.5. The number of amides is 2. The van der Waals surface area contributed by atoms with E-state index in [0.717, 1.165) is 42.7 Å². The van der Waals surface area contributed by atoms with Gasteiger partial charge in [-0.3, -0.25) is 9.59 Å². The summed E-state index contributed by atoms with van der Waals surface area (Å²) in [6, 6.07) is 18.0. The molecule has 2 heterocycles. The second-order valence-corrected chi connectivity index (χ2v) is 9.77. The van der Waals surface area contributed by atoms with E-state index in [1.54, 1.807) is 17.0 Å². The van der Waals surface area contributed by atoms with Gasteiger partial charge in [0, 0.05) is 25.6 Å². The highest BCUT2D eigenvalue weighted by molar-refractivity contribution is 5.91. The number of rotatable bonds is 8. The molecule has 1 atom stereocenters. The molecule has 1 aliphatic heterocycles. The molecule has 0 spiro atoms. The third-order valence-electron chi connectivity index (χ3n) is 7.22. The number of ether oxygens (including phenoxy) is 1. The van der Waals surface area contributed by atoms with Crippen LogP contribution in [-0.4, -0.2) is 41.2 Å². The predicted molar refractivity (Wildman–Crippen MR) is 138 cm³/mol. The average Bonchev–Trinajstić information content (AvgIpc) is 3.64. The van der Waals surface area contributed by atoms with Crippen molar-refractivity contribution < 1.29 is 18.7 Å². The maximum Gasteiger partial charge on any atom is 0.289 e. The number of furan rings is 1. The molecule has 1 aliphatic carbocycles. The van der Waals surface area contributed by atoms with Crippen LogP contribution in [0, 0.1) is 12.8 Å². The van der Waals surface area contributed by atoms with Crippen LogP contribution in [0.15, 0.2) is 59.0 Å². The van der Waals surface area contributed by atoms with Crippen LogP contribution >= 0.6 is 0 Å². The summed E-state index contributed by atoms with van der Waals surface area (Å²) in [5.74, 6) is 1.98. The predicted octanol–water partition coefficient (Wildman–Crippen LogP) is 5.53. The quantitative estimate of drug-likeness (QED) is 0.420. The number of hydrogen-bond donors (Lipinski definition) is 0. The molecule has 6 heteroatoms. The Morgan fingerprint density at radius 1 is 1.06 bits per heavy atom. The zero-order valence-electron chi connectivity index (χ0n) is 21.3. The van der Waals surface area contributed by atoms with E-state index >= 15 is 0 Å². The Labute approximate surface area is 212 Å². The first-order valence-corrected chi connectivity index (χ1v) is 13.0. The minimum atomic E-state index is -0.118. The fraction of sp³-hybridized carbons (Fsp3) is 0.400. The molecule has 2 amide bonds. The topological polar surface area (TPSA) is 63.0 Å². The van der Waals surface area contributed by atoms with Gasteiger partial charge in [-0.15, -0.1) is 0 Å². The van der Waals surface area contributed by atoms with E-state index in [4.69, 9.17) is 9.15 Å². The first kappa shape index (κ1) is 24.2. The van der Waals surface area contributed by atoms with Gasteiger partial charge in [-0.25, -0.2) is 0 Å². The third-order valence-corrected chi connectivity index (χ3v) is 7.22. The number of nitrogens with zero attached hydrogens (tertiary/aromatic N) is 2. The lowest BCUT2D eigenvalue weighted by Gasteiger charge is -2.38. The van der Waals surface area contributed by atoms with Gasteiger partial charge < -0.3 is 19.0 Å². The van der Waals surface area contributed by atoms with Crippen molar-refractivity contribution >= 4 is 11.8 Å². The molecule has 0 bridgehead atoms. The van der Waals surface area contributed by atoms with Gasteiger partial charge >= 0.3 is 0 Å². The fourth-order valence-electron chi connectivity index (χ4n) is 5.08. The summed E-state index contributed by atoms with van der Waals surface area (Å²) in [6.07, 6.45) is 2.83. The maximum atomic E-state index is 13.2. The van der Waals surface area contributed by atoms with E-state index in [-0.39, 0.29) is 30.4 Å². The molecular weight excluding hydrogens is 452 g/mol. The summed E-state index contributed by atoms with van der Waals surface area (Å²) in [7, 11) is 0. The van der Waals surface area contributed by atoms with Crippen molar-refractivity contribution in [3.05, 3.63) is 88.4 Å². The number of aryl methyl sites for hydroxylation is 1. The van der Waals surface area contributed by atoms with Gasteiger partial charge in [0.2, 0.25) is 5.91 Å². The molecule has 1 unspecified atom stereocenters. The van der Waals surface area contributed by atoms with Crippen molar-refractivity contribution in [2.24, 2.45) is 5.92 Å². The van der Waals surface area contributed by atoms with E-state index < -0.39 is 0 Å². The van der Waals surface area contributed by atoms with Crippen LogP contribution in [0.25, 0.3) is 0 Å². The van der Waals surface area contributed by atoms with Crippen LogP contribution in [0.3, 0.4) is 0 Å². The molecule has 1 aromatic heterocycles. The summed E-state index contributed by atoms with van der Waals surface area (Å²) < 4.78 is 11.9. The number of carbonyl (C=O) groups is 2. The molecule has 1 saturated carbocycles. The van der Waals surface area contributed by atoms with E-state index in [0.29, 0.717) is 24.6 Å². The molecule has 1 fully saturated rings. The van der Waals surface area contributed by atoms with Crippen molar-refractivity contribution in [2.75, 3.05) is 19.6 Å². The number of hydrogen-bond acceptors (Lipinski definition) is 4. The third kappa shape index (κ3) is 4.90. The summed E-state index contributed by atoms with van der Waals surface area (Å²) in [5.41, 5.74) is 4.68. The Morgan fingerprint density at radius 3 is 2.58 bits per heavy atom. The van der Waals surface area contributed by atoms with Crippen LogP contribution in [-0.2, 0) is 17.8 Å². The van der Waals surface area contributed by atoms with Gasteiger partial charge in [0.1, 0.15) is 18.1 Å². The van der Waals surface area contributed by atoms with Crippen molar-refractivity contribution in [1.82, 2.24) is 9.80 Å². The van der Waals surface area contributed by atoms with Crippen molar-refractivity contribution in [3.8, 4) is 5.75 Å². The Hall–Kier alpha value is -3.54. The molecule has 2 aliphatic rings.